The van der Waals surface area contributed by atoms with Crippen LogP contribution >= 0.6 is 11.6 Å². The Balaban J connectivity index is 1.40. The number of rotatable bonds is 4. The van der Waals surface area contributed by atoms with E-state index in [2.05, 4.69) is 9.97 Å². The second kappa shape index (κ2) is 8.36. The van der Waals surface area contributed by atoms with E-state index in [-0.39, 0.29) is 17.6 Å². The molecule has 1 saturated heterocycles. The van der Waals surface area contributed by atoms with Gasteiger partial charge in [0.1, 0.15) is 11.4 Å². The minimum atomic E-state index is -1.02. The van der Waals surface area contributed by atoms with E-state index in [0.29, 0.717) is 48.0 Å². The van der Waals surface area contributed by atoms with E-state index < -0.39 is 5.66 Å². The second-order valence-electron chi connectivity index (χ2n) is 8.72. The monoisotopic (exact) mass is 484 g/mol. The average Bonchev–Trinajstić information content (AvgIpc) is 3.50. The average molecular weight is 485 g/mol. The van der Waals surface area contributed by atoms with Crippen LogP contribution in [0.2, 0.25) is 5.02 Å². The Morgan fingerprint density at radius 3 is 2.66 bits per heavy atom. The number of carbonyl (C=O) groups is 2. The Hall–Kier alpha value is -3.97. The number of amides is 2. The van der Waals surface area contributed by atoms with Crippen molar-refractivity contribution in [2.75, 3.05) is 13.1 Å². The quantitative estimate of drug-likeness (QED) is 0.431. The molecular weight excluding hydrogens is 464 g/mol. The van der Waals surface area contributed by atoms with Crippen LogP contribution in [0.1, 0.15) is 43.5 Å². The molecule has 6 rings (SSSR count). The van der Waals surface area contributed by atoms with Crippen molar-refractivity contribution in [2.24, 2.45) is 0 Å². The number of carbonyl (C=O) groups excluding carboxylic acids is 2. The van der Waals surface area contributed by atoms with Crippen LogP contribution in [-0.4, -0.2) is 44.7 Å². The van der Waals surface area contributed by atoms with Crippen LogP contribution in [0.4, 0.5) is 0 Å². The first kappa shape index (κ1) is 21.6. The summed E-state index contributed by atoms with van der Waals surface area (Å²) in [5.74, 6) is 0.497. The van der Waals surface area contributed by atoms with E-state index in [9.17, 15) is 9.59 Å². The number of hydrogen-bond donors (Lipinski definition) is 0. The Bertz CT molecular complexity index is 1420. The number of pyridine rings is 2. The van der Waals surface area contributed by atoms with Gasteiger partial charge in [0.25, 0.3) is 11.8 Å². The van der Waals surface area contributed by atoms with Crippen LogP contribution in [0.15, 0.2) is 83.7 Å². The van der Waals surface area contributed by atoms with Crippen LogP contribution in [0.25, 0.3) is 0 Å². The summed E-state index contributed by atoms with van der Waals surface area (Å²) in [5, 5.41) is 0.583. The molecule has 0 radical (unpaired) electrons. The first-order valence-corrected chi connectivity index (χ1v) is 11.8. The number of fused-ring (bicyclic) bond motifs is 2. The van der Waals surface area contributed by atoms with Gasteiger partial charge in [0.2, 0.25) is 0 Å². The van der Waals surface area contributed by atoms with Gasteiger partial charge in [0, 0.05) is 49.5 Å². The van der Waals surface area contributed by atoms with Crippen molar-refractivity contribution in [3.8, 4) is 0 Å². The highest BCUT2D eigenvalue weighted by atomic mass is 35.5. The van der Waals surface area contributed by atoms with Crippen molar-refractivity contribution in [3.05, 3.63) is 118 Å². The van der Waals surface area contributed by atoms with Gasteiger partial charge in [-0.25, -0.2) is 0 Å². The SMILES string of the molecule is O=C(c1ccc(Cc2cccnc2)o1)N1CCN2C(=O)c3cccnc3CC12c1ccc(Cl)cc1. The molecule has 0 saturated carbocycles. The van der Waals surface area contributed by atoms with Gasteiger partial charge in [0.05, 0.1) is 11.3 Å². The van der Waals surface area contributed by atoms with Gasteiger partial charge in [-0.05, 0) is 53.6 Å². The molecule has 8 heteroatoms. The maximum atomic E-state index is 13.9. The van der Waals surface area contributed by atoms with Gasteiger partial charge < -0.3 is 14.2 Å². The molecule has 174 valence electrons. The number of halogens is 1. The summed E-state index contributed by atoms with van der Waals surface area (Å²) in [4.78, 5) is 39.6. The molecular formula is C27H21ClN4O3. The lowest BCUT2D eigenvalue weighted by molar-refractivity contribution is 0.00545. The van der Waals surface area contributed by atoms with E-state index >= 15 is 0 Å². The lowest BCUT2D eigenvalue weighted by Gasteiger charge is -2.46. The topological polar surface area (TPSA) is 79.5 Å². The fourth-order valence-electron chi connectivity index (χ4n) is 5.15. The van der Waals surface area contributed by atoms with Crippen molar-refractivity contribution in [1.29, 1.82) is 0 Å². The third-order valence-electron chi connectivity index (χ3n) is 6.75. The highest BCUT2D eigenvalue weighted by molar-refractivity contribution is 6.30. The summed E-state index contributed by atoms with van der Waals surface area (Å²) in [7, 11) is 0. The third-order valence-corrected chi connectivity index (χ3v) is 7.00. The lowest BCUT2D eigenvalue weighted by atomic mass is 9.86. The molecule has 2 amide bonds. The predicted molar refractivity (Wildman–Crippen MR) is 129 cm³/mol. The van der Waals surface area contributed by atoms with Gasteiger partial charge in [-0.2, -0.15) is 0 Å². The standard InChI is InChI=1S/C27H21ClN4O3/c28-20-7-5-19(6-8-20)27-16-23-22(4-2-12-30-23)25(33)31(27)13-14-32(27)26(34)24-10-9-21(35-24)15-18-3-1-11-29-17-18/h1-12,17H,13-16H2. The summed E-state index contributed by atoms with van der Waals surface area (Å²) >= 11 is 6.17. The smallest absolute Gasteiger partial charge is 0.291 e. The second-order valence-corrected chi connectivity index (χ2v) is 9.15. The first-order chi connectivity index (χ1) is 17.1. The molecule has 5 heterocycles. The molecule has 2 aliphatic rings. The molecule has 0 bridgehead atoms. The number of nitrogens with zero attached hydrogens (tertiary/aromatic N) is 4. The van der Waals surface area contributed by atoms with Crippen molar-refractivity contribution < 1.29 is 14.0 Å². The molecule has 0 N–H and O–H groups in total. The fraction of sp³-hybridized carbons (Fsp3) is 0.185. The summed E-state index contributed by atoms with van der Waals surface area (Å²) in [5.41, 5.74) is 2.02. The van der Waals surface area contributed by atoms with Gasteiger partial charge in [-0.1, -0.05) is 29.8 Å². The molecule has 3 aromatic heterocycles. The predicted octanol–water partition coefficient (Wildman–Crippen LogP) is 4.32. The highest BCUT2D eigenvalue weighted by Gasteiger charge is 2.56. The van der Waals surface area contributed by atoms with Crippen LogP contribution in [0.5, 0.6) is 0 Å². The molecule has 0 aliphatic carbocycles. The summed E-state index contributed by atoms with van der Waals surface area (Å²) in [6.45, 7) is 0.782. The third kappa shape index (κ3) is 3.51. The van der Waals surface area contributed by atoms with Crippen molar-refractivity contribution in [3.63, 3.8) is 0 Å². The largest absolute Gasteiger partial charge is 0.456 e. The van der Waals surface area contributed by atoms with Gasteiger partial charge >= 0.3 is 0 Å². The number of hydrogen-bond acceptors (Lipinski definition) is 5. The zero-order chi connectivity index (χ0) is 24.0. The van der Waals surface area contributed by atoms with Crippen molar-refractivity contribution in [2.45, 2.75) is 18.5 Å². The van der Waals surface area contributed by atoms with Crippen LogP contribution in [0.3, 0.4) is 0 Å². The normalized spacial score (nSPS) is 18.9. The Labute approximate surface area is 207 Å². The van der Waals surface area contributed by atoms with Crippen LogP contribution < -0.4 is 0 Å². The number of benzene rings is 1. The summed E-state index contributed by atoms with van der Waals surface area (Å²) in [6, 6.07) is 18.2. The van der Waals surface area contributed by atoms with E-state index in [0.717, 1.165) is 11.1 Å². The van der Waals surface area contributed by atoms with Crippen LogP contribution in [-0.2, 0) is 18.5 Å². The molecule has 0 spiro atoms. The molecule has 1 fully saturated rings. The molecule has 35 heavy (non-hydrogen) atoms. The first-order valence-electron chi connectivity index (χ1n) is 11.4. The van der Waals surface area contributed by atoms with Gasteiger partial charge in [-0.15, -0.1) is 0 Å². The zero-order valence-corrected chi connectivity index (χ0v) is 19.5. The van der Waals surface area contributed by atoms with Crippen LogP contribution in [0, 0.1) is 0 Å². The summed E-state index contributed by atoms with van der Waals surface area (Å²) < 4.78 is 5.98. The Kier molecular flexibility index (Phi) is 5.15. The van der Waals surface area contributed by atoms with Gasteiger partial charge in [0.15, 0.2) is 5.76 Å². The molecule has 1 atom stereocenters. The van der Waals surface area contributed by atoms with Crippen molar-refractivity contribution >= 4 is 23.4 Å². The maximum Gasteiger partial charge on any atom is 0.291 e. The van der Waals surface area contributed by atoms with E-state index in [4.69, 9.17) is 16.0 Å². The van der Waals surface area contributed by atoms with E-state index in [1.54, 1.807) is 58.7 Å². The minimum absolute atomic E-state index is 0.138. The van der Waals surface area contributed by atoms with E-state index in [1.165, 1.54) is 0 Å². The Morgan fingerprint density at radius 2 is 1.86 bits per heavy atom. The maximum absolute atomic E-state index is 13.9. The molecule has 1 unspecified atom stereocenters. The zero-order valence-electron chi connectivity index (χ0n) is 18.7. The number of furan rings is 1. The fourth-order valence-corrected chi connectivity index (χ4v) is 5.28. The van der Waals surface area contributed by atoms with Crippen molar-refractivity contribution in [1.82, 2.24) is 19.8 Å². The van der Waals surface area contributed by atoms with Gasteiger partial charge in [-0.3, -0.25) is 19.6 Å². The van der Waals surface area contributed by atoms with E-state index in [1.807, 2.05) is 30.3 Å². The highest BCUT2D eigenvalue weighted by Crippen LogP contribution is 2.45. The molecule has 1 aromatic carbocycles. The number of aromatic nitrogens is 2. The minimum Gasteiger partial charge on any atom is -0.456 e. The summed E-state index contributed by atoms with van der Waals surface area (Å²) in [6.07, 6.45) is 6.08. The Morgan fingerprint density at radius 1 is 1.03 bits per heavy atom. The molecule has 4 aromatic rings. The lowest BCUT2D eigenvalue weighted by Crippen LogP contribution is -2.58. The molecule has 2 aliphatic heterocycles. The molecule has 7 nitrogen and oxygen atoms in total.